The zero-order valence-electron chi connectivity index (χ0n) is 19.4. The van der Waals surface area contributed by atoms with Gasteiger partial charge >= 0.3 is 5.91 Å². The molecule has 0 aromatic heterocycles. The van der Waals surface area contributed by atoms with E-state index >= 15 is 0 Å². The third kappa shape index (κ3) is 23.6. The number of quaternary nitrogens is 1. The normalized spacial score (nSPS) is 11.2. The highest BCUT2D eigenvalue weighted by atomic mass is 16.2. The third-order valence-corrected chi connectivity index (χ3v) is 4.74. The summed E-state index contributed by atoms with van der Waals surface area (Å²) in [5.41, 5.74) is 0. The molecule has 0 rings (SSSR count). The molecule has 0 aliphatic rings. The second kappa shape index (κ2) is 20.9. The molecule has 0 saturated heterocycles. The van der Waals surface area contributed by atoms with Crippen molar-refractivity contribution in [2.45, 2.75) is 130 Å². The molecular weight excluding hydrogens is 318 g/mol. The lowest BCUT2D eigenvalue weighted by atomic mass is 10.0. The quantitative estimate of drug-likeness (QED) is 0.199. The lowest BCUT2D eigenvalue weighted by Crippen LogP contribution is -2.40. The lowest BCUT2D eigenvalue weighted by Gasteiger charge is -2.20. The van der Waals surface area contributed by atoms with E-state index in [2.05, 4.69) is 20.8 Å². The Labute approximate surface area is 166 Å². The number of carbonyl (C=O) groups is 1. The second-order valence-electron chi connectivity index (χ2n) is 8.81. The molecule has 0 aliphatic heterocycles. The van der Waals surface area contributed by atoms with Crippen LogP contribution in [0.3, 0.4) is 0 Å². The molecule has 158 valence electrons. The van der Waals surface area contributed by atoms with Gasteiger partial charge in [-0.25, -0.2) is 4.79 Å². The molecule has 0 aliphatic carbocycles. The number of hydrogen-bond donors (Lipinski definition) is 0. The third-order valence-electron chi connectivity index (χ3n) is 4.74. The van der Waals surface area contributed by atoms with Gasteiger partial charge in [0, 0.05) is 0 Å². The summed E-state index contributed by atoms with van der Waals surface area (Å²) in [4.78, 5) is 11.8. The van der Waals surface area contributed by atoms with E-state index in [1.54, 1.807) is 0 Å². The summed E-state index contributed by atoms with van der Waals surface area (Å²) >= 11 is 0. The largest absolute Gasteiger partial charge is 0.313 e. The van der Waals surface area contributed by atoms with Gasteiger partial charge in [-0.05, 0) is 6.42 Å². The van der Waals surface area contributed by atoms with Gasteiger partial charge < -0.3 is 0 Å². The molecule has 1 amide bonds. The summed E-state index contributed by atoms with van der Waals surface area (Å²) in [5, 5.41) is 0. The van der Waals surface area contributed by atoms with Crippen molar-refractivity contribution >= 4 is 5.91 Å². The van der Waals surface area contributed by atoms with E-state index < -0.39 is 0 Å². The van der Waals surface area contributed by atoms with E-state index in [4.69, 9.17) is 0 Å². The van der Waals surface area contributed by atoms with Crippen LogP contribution in [0.1, 0.15) is 130 Å². The van der Waals surface area contributed by atoms with Gasteiger partial charge in [0.2, 0.25) is 0 Å². The summed E-state index contributed by atoms with van der Waals surface area (Å²) in [5.74, 6) is 0.361. The Morgan fingerprint density at radius 1 is 0.538 bits per heavy atom. The van der Waals surface area contributed by atoms with Gasteiger partial charge in [-0.3, -0.25) is 4.48 Å². The molecule has 2 nitrogen and oxygen atoms in total. The summed E-state index contributed by atoms with van der Waals surface area (Å²) < 4.78 is 0.471. The van der Waals surface area contributed by atoms with E-state index in [9.17, 15) is 4.79 Å². The van der Waals surface area contributed by atoms with Crippen LogP contribution in [0.5, 0.6) is 0 Å². The van der Waals surface area contributed by atoms with Gasteiger partial charge in [0.25, 0.3) is 0 Å². The molecule has 0 bridgehead atoms. The van der Waals surface area contributed by atoms with Crippen molar-refractivity contribution in [1.82, 2.24) is 0 Å². The summed E-state index contributed by atoms with van der Waals surface area (Å²) in [6.07, 6.45) is 22.6. The van der Waals surface area contributed by atoms with Crippen LogP contribution in [0.4, 0.5) is 0 Å². The summed E-state index contributed by atoms with van der Waals surface area (Å²) in [6.45, 7) is 6.53. The Morgan fingerprint density at radius 3 is 1.08 bits per heavy atom. The molecule has 0 aromatic carbocycles. The summed E-state index contributed by atoms with van der Waals surface area (Å²) in [7, 11) is 5.90. The summed E-state index contributed by atoms with van der Waals surface area (Å²) in [6, 6.07) is 0. The standard InChI is InChI=1S/C21H44NO.C3H8/c1-5-6-7-8-9-10-11-12-13-14-15-16-17-18-19-20-21(23)22(2,3)4;1-3-2/h5-20H2,1-4H3;3H2,1-2H3/q+1;. The average molecular weight is 371 g/mol. The highest BCUT2D eigenvalue weighted by molar-refractivity contribution is 5.68. The van der Waals surface area contributed by atoms with Crippen LogP contribution in [-0.4, -0.2) is 31.5 Å². The van der Waals surface area contributed by atoms with Gasteiger partial charge in [-0.1, -0.05) is 117 Å². The van der Waals surface area contributed by atoms with Crippen LogP contribution in [-0.2, 0) is 4.79 Å². The molecule has 2 heteroatoms. The zero-order chi connectivity index (χ0) is 20.1. The van der Waals surface area contributed by atoms with Crippen LogP contribution in [0, 0.1) is 0 Å². The smallest absolute Gasteiger partial charge is 0.268 e. The van der Waals surface area contributed by atoms with E-state index in [1.165, 1.54) is 96.3 Å². The van der Waals surface area contributed by atoms with Crippen molar-refractivity contribution in [2.24, 2.45) is 0 Å². The van der Waals surface area contributed by atoms with Crippen LogP contribution in [0.15, 0.2) is 0 Å². The maximum atomic E-state index is 11.8. The van der Waals surface area contributed by atoms with Gasteiger partial charge in [0.05, 0.1) is 27.6 Å². The van der Waals surface area contributed by atoms with E-state index in [0.717, 1.165) is 12.8 Å². The molecule has 26 heavy (non-hydrogen) atoms. The van der Waals surface area contributed by atoms with Crippen LogP contribution >= 0.6 is 0 Å². The predicted octanol–water partition coefficient (Wildman–Crippen LogP) is 7.90. The van der Waals surface area contributed by atoms with Gasteiger partial charge in [-0.15, -0.1) is 0 Å². The monoisotopic (exact) mass is 370 g/mol. The first-order valence-corrected chi connectivity index (χ1v) is 11.7. The topological polar surface area (TPSA) is 17.1 Å². The van der Waals surface area contributed by atoms with Crippen molar-refractivity contribution in [3.63, 3.8) is 0 Å². The van der Waals surface area contributed by atoms with E-state index in [1.807, 2.05) is 21.1 Å². The molecule has 0 heterocycles. The number of hydrogen-bond acceptors (Lipinski definition) is 1. The molecule has 0 radical (unpaired) electrons. The fraction of sp³-hybridized carbons (Fsp3) is 0.958. The highest BCUT2D eigenvalue weighted by Crippen LogP contribution is 2.14. The number of amides is 1. The van der Waals surface area contributed by atoms with Crippen LogP contribution < -0.4 is 0 Å². The van der Waals surface area contributed by atoms with Crippen molar-refractivity contribution in [3.05, 3.63) is 0 Å². The van der Waals surface area contributed by atoms with Crippen molar-refractivity contribution < 1.29 is 9.28 Å². The molecule has 0 atom stereocenters. The van der Waals surface area contributed by atoms with Crippen molar-refractivity contribution in [3.8, 4) is 0 Å². The Kier molecular flexibility index (Phi) is 22.4. The number of nitrogens with zero attached hydrogens (tertiary/aromatic N) is 1. The minimum Gasteiger partial charge on any atom is -0.268 e. The molecule has 0 saturated carbocycles. The minimum absolute atomic E-state index is 0.361. The molecule has 0 N–H and O–H groups in total. The minimum atomic E-state index is 0.361. The molecule has 0 aromatic rings. The van der Waals surface area contributed by atoms with Gasteiger partial charge in [0.1, 0.15) is 0 Å². The Morgan fingerprint density at radius 2 is 0.808 bits per heavy atom. The Hall–Kier alpha value is -0.370. The van der Waals surface area contributed by atoms with Gasteiger partial charge in [-0.2, -0.15) is 0 Å². The first kappa shape index (κ1) is 27.8. The van der Waals surface area contributed by atoms with Crippen molar-refractivity contribution in [2.75, 3.05) is 21.1 Å². The fourth-order valence-electron chi connectivity index (χ4n) is 2.98. The Balaban J connectivity index is 0. The number of unbranched alkanes of at least 4 members (excludes halogenated alkanes) is 14. The number of rotatable bonds is 16. The van der Waals surface area contributed by atoms with E-state index in [0.29, 0.717) is 10.4 Å². The molecule has 0 unspecified atom stereocenters. The predicted molar refractivity (Wildman–Crippen MR) is 119 cm³/mol. The second-order valence-corrected chi connectivity index (χ2v) is 8.81. The van der Waals surface area contributed by atoms with Crippen LogP contribution in [0.2, 0.25) is 0 Å². The number of carbonyl (C=O) groups excluding carboxylic acids is 1. The maximum absolute atomic E-state index is 11.8. The molecule has 0 fully saturated rings. The average Bonchev–Trinajstić information content (AvgIpc) is 2.58. The zero-order valence-corrected chi connectivity index (χ0v) is 19.4. The maximum Gasteiger partial charge on any atom is 0.313 e. The van der Waals surface area contributed by atoms with Crippen molar-refractivity contribution in [1.29, 1.82) is 0 Å². The molecule has 0 spiro atoms. The van der Waals surface area contributed by atoms with Gasteiger partial charge in [0.15, 0.2) is 0 Å². The first-order valence-electron chi connectivity index (χ1n) is 11.7. The SMILES string of the molecule is CCC.CCCCCCCCCCCCCCCCCC(=O)[N+](C)(C)C. The van der Waals surface area contributed by atoms with E-state index in [-0.39, 0.29) is 0 Å². The fourth-order valence-corrected chi connectivity index (χ4v) is 2.98. The molecular formula is C24H52NO+. The first-order chi connectivity index (χ1) is 12.4. The van der Waals surface area contributed by atoms with Crippen LogP contribution in [0.25, 0.3) is 0 Å². The Bertz CT molecular complexity index is 280. The lowest BCUT2D eigenvalue weighted by molar-refractivity contribution is -0.792. The highest BCUT2D eigenvalue weighted by Gasteiger charge is 2.18.